The summed E-state index contributed by atoms with van der Waals surface area (Å²) in [4.78, 5) is 36.7. The molecule has 1 N–H and O–H groups in total. The summed E-state index contributed by atoms with van der Waals surface area (Å²) in [6, 6.07) is 7.86. The van der Waals surface area contributed by atoms with E-state index in [-0.39, 0.29) is 23.1 Å². The highest BCUT2D eigenvalue weighted by atomic mass is 16.3. The molecule has 0 saturated heterocycles. The Morgan fingerprint density at radius 1 is 1.10 bits per heavy atom. The van der Waals surface area contributed by atoms with Gasteiger partial charge in [-0.25, -0.2) is 0 Å². The first-order valence-electron chi connectivity index (χ1n) is 6.31. The molecule has 3 amide bonds. The fourth-order valence-corrected chi connectivity index (χ4v) is 2.19. The molecule has 6 nitrogen and oxygen atoms in total. The lowest BCUT2D eigenvalue weighted by Gasteiger charge is -2.04. The maximum Gasteiger partial charge on any atom is 0.291 e. The minimum atomic E-state index is -0.409. The van der Waals surface area contributed by atoms with Crippen LogP contribution >= 0.6 is 0 Å². The van der Waals surface area contributed by atoms with E-state index in [1.165, 1.54) is 19.2 Å². The van der Waals surface area contributed by atoms with Crippen LogP contribution in [0.5, 0.6) is 0 Å². The Balaban J connectivity index is 1.87. The second kappa shape index (κ2) is 4.59. The molecule has 0 bridgehead atoms. The number of hydrogen-bond donors (Lipinski definition) is 1. The number of fused-ring (bicyclic) bond motifs is 1. The van der Waals surface area contributed by atoms with Crippen LogP contribution in [0.15, 0.2) is 34.7 Å². The van der Waals surface area contributed by atoms with Crippen molar-refractivity contribution < 1.29 is 18.8 Å². The Labute approximate surface area is 120 Å². The van der Waals surface area contributed by atoms with Gasteiger partial charge < -0.3 is 9.73 Å². The van der Waals surface area contributed by atoms with Crippen LogP contribution in [0.25, 0.3) is 0 Å². The molecule has 0 aliphatic carbocycles. The number of carbonyl (C=O) groups is 3. The van der Waals surface area contributed by atoms with Crippen molar-refractivity contribution in [1.29, 1.82) is 0 Å². The first-order chi connectivity index (χ1) is 9.97. The molecule has 106 valence electrons. The van der Waals surface area contributed by atoms with Crippen molar-refractivity contribution in [2.45, 2.75) is 6.92 Å². The smallest absolute Gasteiger partial charge is 0.291 e. The van der Waals surface area contributed by atoms with Crippen LogP contribution in [-0.4, -0.2) is 29.7 Å². The second-order valence-electron chi connectivity index (χ2n) is 4.79. The number of aryl methyl sites for hydroxylation is 1. The molecule has 2 aromatic rings. The summed E-state index contributed by atoms with van der Waals surface area (Å²) < 4.78 is 5.22. The van der Waals surface area contributed by atoms with Crippen LogP contribution in [0.3, 0.4) is 0 Å². The fraction of sp³-hybridized carbons (Fsp3) is 0.133. The molecule has 0 fully saturated rings. The van der Waals surface area contributed by atoms with E-state index < -0.39 is 5.91 Å². The van der Waals surface area contributed by atoms with Crippen LogP contribution in [0.2, 0.25) is 0 Å². The van der Waals surface area contributed by atoms with Crippen molar-refractivity contribution in [2.24, 2.45) is 0 Å². The zero-order chi connectivity index (χ0) is 15.1. The molecule has 1 aliphatic heterocycles. The lowest BCUT2D eigenvalue weighted by Crippen LogP contribution is -2.24. The van der Waals surface area contributed by atoms with Crippen molar-refractivity contribution in [3.63, 3.8) is 0 Å². The van der Waals surface area contributed by atoms with Crippen molar-refractivity contribution in [1.82, 2.24) is 4.90 Å². The van der Waals surface area contributed by atoms with Gasteiger partial charge in [0.1, 0.15) is 5.76 Å². The quantitative estimate of drug-likeness (QED) is 0.856. The zero-order valence-corrected chi connectivity index (χ0v) is 11.5. The largest absolute Gasteiger partial charge is 0.456 e. The van der Waals surface area contributed by atoms with E-state index in [2.05, 4.69) is 5.32 Å². The van der Waals surface area contributed by atoms with E-state index >= 15 is 0 Å². The highest BCUT2D eigenvalue weighted by molar-refractivity contribution is 6.21. The Kier molecular flexibility index (Phi) is 2.86. The molecular weight excluding hydrogens is 272 g/mol. The van der Waals surface area contributed by atoms with E-state index in [1.54, 1.807) is 25.1 Å². The number of benzene rings is 1. The van der Waals surface area contributed by atoms with Crippen LogP contribution < -0.4 is 5.32 Å². The molecule has 2 heterocycles. The van der Waals surface area contributed by atoms with E-state index in [0.29, 0.717) is 17.0 Å². The standard InChI is InChI=1S/C15H12N2O4/c1-8-3-6-12(21-8)13(18)16-9-4-5-10-11(7-9)15(20)17(2)14(10)19/h3-7H,1-2H3,(H,16,18). The molecule has 1 aromatic heterocycles. The van der Waals surface area contributed by atoms with Gasteiger partial charge in [0, 0.05) is 12.7 Å². The summed E-state index contributed by atoms with van der Waals surface area (Å²) in [5.41, 5.74) is 1.06. The molecule has 1 aromatic carbocycles. The maximum absolute atomic E-state index is 12.0. The summed E-state index contributed by atoms with van der Waals surface area (Å²) >= 11 is 0. The van der Waals surface area contributed by atoms with Gasteiger partial charge in [-0.15, -0.1) is 0 Å². The summed E-state index contributed by atoms with van der Waals surface area (Å²) in [7, 11) is 1.43. The van der Waals surface area contributed by atoms with Crippen molar-refractivity contribution in [3.05, 3.63) is 53.0 Å². The lowest BCUT2D eigenvalue weighted by molar-refractivity contribution is 0.0692. The number of furan rings is 1. The van der Waals surface area contributed by atoms with Crippen molar-refractivity contribution >= 4 is 23.4 Å². The van der Waals surface area contributed by atoms with Gasteiger partial charge in [0.2, 0.25) is 0 Å². The Morgan fingerprint density at radius 3 is 2.48 bits per heavy atom. The average Bonchev–Trinajstić information content (AvgIpc) is 2.98. The van der Waals surface area contributed by atoms with Gasteiger partial charge in [0.05, 0.1) is 11.1 Å². The zero-order valence-electron chi connectivity index (χ0n) is 11.5. The van der Waals surface area contributed by atoms with Crippen LogP contribution in [0, 0.1) is 6.92 Å². The Hall–Kier alpha value is -2.89. The molecule has 0 saturated carbocycles. The minimum Gasteiger partial charge on any atom is -0.456 e. The molecule has 3 rings (SSSR count). The normalized spacial score (nSPS) is 13.5. The van der Waals surface area contributed by atoms with E-state index in [0.717, 1.165) is 4.90 Å². The number of anilines is 1. The molecule has 6 heteroatoms. The summed E-state index contributed by atoms with van der Waals surface area (Å²) in [6.07, 6.45) is 0. The number of amides is 3. The van der Waals surface area contributed by atoms with E-state index in [4.69, 9.17) is 4.42 Å². The van der Waals surface area contributed by atoms with Gasteiger partial charge in [-0.3, -0.25) is 19.3 Å². The first-order valence-corrected chi connectivity index (χ1v) is 6.31. The van der Waals surface area contributed by atoms with Crippen LogP contribution in [-0.2, 0) is 0 Å². The van der Waals surface area contributed by atoms with Gasteiger partial charge in [-0.2, -0.15) is 0 Å². The van der Waals surface area contributed by atoms with Gasteiger partial charge in [-0.05, 0) is 37.3 Å². The number of nitrogens with one attached hydrogen (secondary N) is 1. The SMILES string of the molecule is Cc1ccc(C(=O)Nc2ccc3c(c2)C(=O)N(C)C3=O)o1. The third kappa shape index (κ3) is 2.10. The predicted octanol–water partition coefficient (Wildman–Crippen LogP) is 2.07. The third-order valence-corrected chi connectivity index (χ3v) is 3.31. The molecule has 0 atom stereocenters. The molecule has 0 spiro atoms. The van der Waals surface area contributed by atoms with Gasteiger partial charge in [0.25, 0.3) is 17.7 Å². The highest BCUT2D eigenvalue weighted by Crippen LogP contribution is 2.25. The highest BCUT2D eigenvalue weighted by Gasteiger charge is 2.32. The first kappa shape index (κ1) is 13.1. The van der Waals surface area contributed by atoms with Crippen LogP contribution in [0.4, 0.5) is 5.69 Å². The Morgan fingerprint density at radius 2 is 1.81 bits per heavy atom. The van der Waals surface area contributed by atoms with Crippen molar-refractivity contribution in [2.75, 3.05) is 12.4 Å². The topological polar surface area (TPSA) is 79.6 Å². The molecule has 21 heavy (non-hydrogen) atoms. The molecule has 0 radical (unpaired) electrons. The minimum absolute atomic E-state index is 0.188. The molecule has 0 unspecified atom stereocenters. The van der Waals surface area contributed by atoms with E-state index in [1.807, 2.05) is 0 Å². The van der Waals surface area contributed by atoms with E-state index in [9.17, 15) is 14.4 Å². The second-order valence-corrected chi connectivity index (χ2v) is 4.79. The van der Waals surface area contributed by atoms with Crippen LogP contribution in [0.1, 0.15) is 37.0 Å². The number of rotatable bonds is 2. The summed E-state index contributed by atoms with van der Waals surface area (Å²) in [5.74, 6) is -0.299. The summed E-state index contributed by atoms with van der Waals surface area (Å²) in [6.45, 7) is 1.74. The molecule has 1 aliphatic rings. The predicted molar refractivity (Wildman–Crippen MR) is 74.3 cm³/mol. The lowest BCUT2D eigenvalue weighted by atomic mass is 10.1. The monoisotopic (exact) mass is 284 g/mol. The number of hydrogen-bond acceptors (Lipinski definition) is 4. The number of imide groups is 1. The Bertz CT molecular complexity index is 776. The third-order valence-electron chi connectivity index (χ3n) is 3.31. The van der Waals surface area contributed by atoms with Crippen molar-refractivity contribution in [3.8, 4) is 0 Å². The molecular formula is C15H12N2O4. The average molecular weight is 284 g/mol. The number of carbonyl (C=O) groups excluding carboxylic acids is 3. The van der Waals surface area contributed by atoms with Gasteiger partial charge in [-0.1, -0.05) is 0 Å². The fourth-order valence-electron chi connectivity index (χ4n) is 2.19. The maximum atomic E-state index is 12.0. The van der Waals surface area contributed by atoms with Gasteiger partial charge in [0.15, 0.2) is 5.76 Å². The summed E-state index contributed by atoms with van der Waals surface area (Å²) in [5, 5.41) is 2.64. The van der Waals surface area contributed by atoms with Gasteiger partial charge >= 0.3 is 0 Å². The number of nitrogens with zero attached hydrogens (tertiary/aromatic N) is 1.